The molecule has 1 aliphatic carbocycles. The predicted molar refractivity (Wildman–Crippen MR) is 110 cm³/mol. The lowest BCUT2D eigenvalue weighted by atomic mass is 9.82. The van der Waals surface area contributed by atoms with Crippen molar-refractivity contribution < 1.29 is 19.6 Å². The van der Waals surface area contributed by atoms with Gasteiger partial charge in [0.15, 0.2) is 11.4 Å². The van der Waals surface area contributed by atoms with Gasteiger partial charge in [-0.05, 0) is 61.4 Å². The molecular formula is C22H20ClNO5. The standard InChI is InChI=1S/C22H20ClNO5/c1-13-10-17(14-6-5-7-15(11-14)24(27)28)18(23)12-16(13)19-20(25)22(29-21(19)26)8-3-2-4-9-22/h5-7,10-12,25H,2-4,8-9H2,1H3. The van der Waals surface area contributed by atoms with Gasteiger partial charge in [0.25, 0.3) is 5.69 Å². The number of hydrogen-bond acceptors (Lipinski definition) is 5. The van der Waals surface area contributed by atoms with Crippen molar-refractivity contribution in [3.63, 3.8) is 0 Å². The Bertz CT molecular complexity index is 1050. The molecule has 0 atom stereocenters. The van der Waals surface area contributed by atoms with Gasteiger partial charge >= 0.3 is 5.97 Å². The van der Waals surface area contributed by atoms with Gasteiger partial charge in [0.2, 0.25) is 0 Å². The highest BCUT2D eigenvalue weighted by Gasteiger charge is 2.49. The Balaban J connectivity index is 1.79. The molecule has 2 aromatic rings. The van der Waals surface area contributed by atoms with Crippen LogP contribution in [0.1, 0.15) is 43.2 Å². The summed E-state index contributed by atoms with van der Waals surface area (Å²) in [5.41, 5.74) is 1.69. The molecule has 4 rings (SSSR count). The summed E-state index contributed by atoms with van der Waals surface area (Å²) < 4.78 is 5.64. The van der Waals surface area contributed by atoms with Crippen molar-refractivity contribution >= 4 is 28.8 Å². The fraction of sp³-hybridized carbons (Fsp3) is 0.318. The Morgan fingerprint density at radius 3 is 2.55 bits per heavy atom. The topological polar surface area (TPSA) is 89.7 Å². The maximum Gasteiger partial charge on any atom is 0.343 e. The largest absolute Gasteiger partial charge is 0.507 e. The normalized spacial score (nSPS) is 18.2. The van der Waals surface area contributed by atoms with E-state index in [1.807, 2.05) is 6.92 Å². The second-order valence-electron chi connectivity index (χ2n) is 7.62. The minimum absolute atomic E-state index is 0.00975. The first-order valence-corrected chi connectivity index (χ1v) is 9.92. The van der Waals surface area contributed by atoms with Crippen LogP contribution in [-0.2, 0) is 9.53 Å². The third-order valence-electron chi connectivity index (χ3n) is 5.77. The number of esters is 1. The van der Waals surface area contributed by atoms with E-state index in [0.29, 0.717) is 34.6 Å². The van der Waals surface area contributed by atoms with Crippen molar-refractivity contribution in [1.29, 1.82) is 0 Å². The van der Waals surface area contributed by atoms with Crippen LogP contribution in [0.3, 0.4) is 0 Å². The molecule has 1 spiro atoms. The molecule has 0 amide bonds. The van der Waals surface area contributed by atoms with Gasteiger partial charge in [0, 0.05) is 22.7 Å². The summed E-state index contributed by atoms with van der Waals surface area (Å²) in [4.78, 5) is 23.3. The number of nitro groups is 1. The van der Waals surface area contributed by atoms with Crippen LogP contribution in [0.15, 0.2) is 42.2 Å². The molecule has 0 aromatic heterocycles. The van der Waals surface area contributed by atoms with Crippen LogP contribution in [0.5, 0.6) is 0 Å². The zero-order valence-electron chi connectivity index (χ0n) is 15.9. The first kappa shape index (κ1) is 19.5. The molecule has 2 aliphatic rings. The quantitative estimate of drug-likeness (QED) is 0.393. The predicted octanol–water partition coefficient (Wildman–Crippen LogP) is 5.75. The van der Waals surface area contributed by atoms with E-state index in [4.69, 9.17) is 16.3 Å². The number of rotatable bonds is 3. The second kappa shape index (κ2) is 7.19. The summed E-state index contributed by atoms with van der Waals surface area (Å²) in [5.74, 6) is -0.545. The summed E-state index contributed by atoms with van der Waals surface area (Å²) in [7, 11) is 0. The van der Waals surface area contributed by atoms with Gasteiger partial charge in [0.05, 0.1) is 4.92 Å². The highest BCUT2D eigenvalue weighted by Crippen LogP contribution is 2.46. The Morgan fingerprint density at radius 2 is 1.86 bits per heavy atom. The van der Waals surface area contributed by atoms with E-state index in [1.165, 1.54) is 12.1 Å². The monoisotopic (exact) mass is 413 g/mol. The Morgan fingerprint density at radius 1 is 1.14 bits per heavy atom. The second-order valence-corrected chi connectivity index (χ2v) is 8.03. The van der Waals surface area contributed by atoms with Crippen molar-refractivity contribution in [3.05, 3.63) is 68.4 Å². The van der Waals surface area contributed by atoms with Crippen LogP contribution < -0.4 is 0 Å². The number of nitrogens with zero attached hydrogens (tertiary/aromatic N) is 1. The van der Waals surface area contributed by atoms with E-state index in [1.54, 1.807) is 24.3 Å². The number of carbonyl (C=O) groups is 1. The van der Waals surface area contributed by atoms with E-state index in [0.717, 1.165) is 24.8 Å². The number of aliphatic hydroxyl groups excluding tert-OH is 1. The lowest BCUT2D eigenvalue weighted by Gasteiger charge is -2.31. The van der Waals surface area contributed by atoms with Gasteiger partial charge in [-0.25, -0.2) is 4.79 Å². The van der Waals surface area contributed by atoms with E-state index in [-0.39, 0.29) is 17.0 Å². The number of hydrogen-bond donors (Lipinski definition) is 1. The van der Waals surface area contributed by atoms with E-state index in [9.17, 15) is 20.0 Å². The molecule has 0 radical (unpaired) electrons. The number of benzene rings is 2. The smallest absolute Gasteiger partial charge is 0.343 e. The maximum atomic E-state index is 12.6. The third-order valence-corrected chi connectivity index (χ3v) is 6.09. The van der Waals surface area contributed by atoms with Gasteiger partial charge in [-0.15, -0.1) is 0 Å². The number of aliphatic hydroxyl groups is 1. The highest BCUT2D eigenvalue weighted by molar-refractivity contribution is 6.34. The molecule has 1 fully saturated rings. The Labute approximate surface area is 172 Å². The van der Waals surface area contributed by atoms with Crippen LogP contribution in [0.2, 0.25) is 5.02 Å². The minimum atomic E-state index is -0.914. The number of nitro benzene ring substituents is 1. The molecule has 150 valence electrons. The van der Waals surface area contributed by atoms with Crippen LogP contribution in [0, 0.1) is 17.0 Å². The molecule has 0 unspecified atom stereocenters. The van der Waals surface area contributed by atoms with Crippen molar-refractivity contribution in [3.8, 4) is 11.1 Å². The van der Waals surface area contributed by atoms with Crippen molar-refractivity contribution in [2.75, 3.05) is 0 Å². The van der Waals surface area contributed by atoms with Gasteiger partial charge in [-0.1, -0.05) is 30.2 Å². The molecule has 1 saturated carbocycles. The molecule has 0 saturated heterocycles. The molecule has 29 heavy (non-hydrogen) atoms. The van der Waals surface area contributed by atoms with Crippen molar-refractivity contribution in [2.45, 2.75) is 44.6 Å². The van der Waals surface area contributed by atoms with E-state index >= 15 is 0 Å². The summed E-state index contributed by atoms with van der Waals surface area (Å²) in [6.45, 7) is 1.81. The number of aryl methyl sites for hydroxylation is 1. The van der Waals surface area contributed by atoms with E-state index in [2.05, 4.69) is 0 Å². The average molecular weight is 414 g/mol. The fourth-order valence-corrected chi connectivity index (χ4v) is 4.53. The van der Waals surface area contributed by atoms with Crippen LogP contribution in [0.25, 0.3) is 16.7 Å². The molecule has 2 aromatic carbocycles. The van der Waals surface area contributed by atoms with Gasteiger partial charge in [-0.2, -0.15) is 0 Å². The molecule has 7 heteroatoms. The van der Waals surface area contributed by atoms with Crippen LogP contribution >= 0.6 is 11.6 Å². The van der Waals surface area contributed by atoms with Crippen LogP contribution in [0.4, 0.5) is 5.69 Å². The number of ether oxygens (including phenoxy) is 1. The van der Waals surface area contributed by atoms with Gasteiger partial charge < -0.3 is 9.84 Å². The highest BCUT2D eigenvalue weighted by atomic mass is 35.5. The van der Waals surface area contributed by atoms with Crippen molar-refractivity contribution in [2.24, 2.45) is 0 Å². The molecule has 1 N–H and O–H groups in total. The lowest BCUT2D eigenvalue weighted by molar-refractivity contribution is -0.384. The van der Waals surface area contributed by atoms with Crippen molar-refractivity contribution in [1.82, 2.24) is 0 Å². The maximum absolute atomic E-state index is 12.6. The average Bonchev–Trinajstić information content (AvgIpc) is 2.93. The van der Waals surface area contributed by atoms with Gasteiger partial charge in [-0.3, -0.25) is 10.1 Å². The van der Waals surface area contributed by atoms with Crippen LogP contribution in [-0.4, -0.2) is 21.6 Å². The number of halogens is 1. The summed E-state index contributed by atoms with van der Waals surface area (Å²) in [6, 6.07) is 9.61. The Hall–Kier alpha value is -2.86. The molecular weight excluding hydrogens is 394 g/mol. The van der Waals surface area contributed by atoms with Gasteiger partial charge in [0.1, 0.15) is 5.57 Å². The summed E-state index contributed by atoms with van der Waals surface area (Å²) in [6.07, 6.45) is 4.09. The summed E-state index contributed by atoms with van der Waals surface area (Å²) >= 11 is 6.49. The number of non-ortho nitro benzene ring substituents is 1. The molecule has 0 bridgehead atoms. The minimum Gasteiger partial charge on any atom is -0.507 e. The molecule has 6 nitrogen and oxygen atoms in total. The zero-order valence-corrected chi connectivity index (χ0v) is 16.7. The SMILES string of the molecule is Cc1cc(-c2cccc([N+](=O)[O-])c2)c(Cl)cc1C1=C(O)C2(CCCCC2)OC1=O. The lowest BCUT2D eigenvalue weighted by Crippen LogP contribution is -2.34. The first-order valence-electron chi connectivity index (χ1n) is 9.55. The van der Waals surface area contributed by atoms with E-state index < -0.39 is 16.5 Å². The fourth-order valence-electron chi connectivity index (χ4n) is 4.26. The summed E-state index contributed by atoms with van der Waals surface area (Å²) in [5, 5.41) is 22.3. The Kier molecular flexibility index (Phi) is 4.82. The first-order chi connectivity index (χ1) is 13.8. The zero-order chi connectivity index (χ0) is 20.8. The number of carbonyl (C=O) groups excluding carboxylic acids is 1. The third kappa shape index (κ3) is 3.27. The molecule has 1 heterocycles. The molecule has 1 aliphatic heterocycles.